The van der Waals surface area contributed by atoms with Crippen molar-refractivity contribution < 1.29 is 19.1 Å². The van der Waals surface area contributed by atoms with Crippen LogP contribution in [-0.4, -0.2) is 30.8 Å². The van der Waals surface area contributed by atoms with E-state index in [1.807, 2.05) is 50.2 Å². The number of aryl methyl sites for hydroxylation is 1. The molecule has 6 nitrogen and oxygen atoms in total. The summed E-state index contributed by atoms with van der Waals surface area (Å²) in [5.41, 5.74) is 2.54. The van der Waals surface area contributed by atoms with Gasteiger partial charge >= 0.3 is 5.63 Å². The summed E-state index contributed by atoms with van der Waals surface area (Å²) in [5, 5.41) is 13.3. The quantitative estimate of drug-likeness (QED) is 0.509. The Bertz CT molecular complexity index is 1090. The Labute approximate surface area is 181 Å². The van der Waals surface area contributed by atoms with Crippen LogP contribution in [0.1, 0.15) is 32.3 Å². The Morgan fingerprint density at radius 2 is 1.94 bits per heavy atom. The second-order valence-corrected chi connectivity index (χ2v) is 7.75. The van der Waals surface area contributed by atoms with Gasteiger partial charge in [0.25, 0.3) is 0 Å². The molecule has 6 heteroatoms. The number of carbonyl (C=O) groups is 1. The highest BCUT2D eigenvalue weighted by Gasteiger charge is 2.18. The lowest BCUT2D eigenvalue weighted by Gasteiger charge is -2.22. The minimum Gasteiger partial charge on any atom is -0.496 e. The molecular formula is C25H29NO5. The number of hydrogen-bond acceptors (Lipinski definition) is 5. The van der Waals surface area contributed by atoms with Crippen LogP contribution in [0.4, 0.5) is 0 Å². The highest BCUT2D eigenvalue weighted by molar-refractivity contribution is 5.94. The molecule has 2 atom stereocenters. The van der Waals surface area contributed by atoms with Gasteiger partial charge in [-0.15, -0.1) is 0 Å². The summed E-state index contributed by atoms with van der Waals surface area (Å²) in [6.07, 6.45) is 1.58. The number of fused-ring (bicyclic) bond motifs is 1. The molecule has 0 radical (unpaired) electrons. The number of rotatable bonds is 9. The zero-order valence-corrected chi connectivity index (χ0v) is 18.2. The molecule has 0 saturated carbocycles. The Kier molecular flexibility index (Phi) is 7.47. The van der Waals surface area contributed by atoms with Gasteiger partial charge in [-0.1, -0.05) is 50.6 Å². The molecule has 1 aromatic heterocycles. The second kappa shape index (κ2) is 10.3. The Balaban J connectivity index is 1.91. The Morgan fingerprint density at radius 1 is 1.19 bits per heavy atom. The molecule has 0 fully saturated rings. The van der Waals surface area contributed by atoms with E-state index in [-0.39, 0.29) is 30.9 Å². The van der Waals surface area contributed by atoms with Crippen molar-refractivity contribution in [3.63, 3.8) is 0 Å². The number of hydrogen-bond donors (Lipinski definition) is 2. The van der Waals surface area contributed by atoms with Crippen LogP contribution in [0, 0.1) is 5.92 Å². The van der Waals surface area contributed by atoms with E-state index in [0.717, 1.165) is 28.5 Å². The minimum absolute atomic E-state index is 0.0838. The molecule has 3 rings (SSSR count). The van der Waals surface area contributed by atoms with Gasteiger partial charge in [0, 0.05) is 23.9 Å². The molecule has 0 aliphatic carbocycles. The van der Waals surface area contributed by atoms with E-state index in [1.54, 1.807) is 13.2 Å². The van der Waals surface area contributed by atoms with E-state index in [2.05, 4.69) is 5.32 Å². The number of aliphatic hydroxyl groups is 1. The third kappa shape index (κ3) is 5.33. The summed E-state index contributed by atoms with van der Waals surface area (Å²) < 4.78 is 10.9. The fourth-order valence-corrected chi connectivity index (χ4v) is 3.66. The van der Waals surface area contributed by atoms with Gasteiger partial charge in [0.2, 0.25) is 5.91 Å². The number of carbonyl (C=O) groups excluding carboxylic acids is 1. The van der Waals surface area contributed by atoms with Crippen molar-refractivity contribution in [1.82, 2.24) is 5.32 Å². The van der Waals surface area contributed by atoms with Crippen LogP contribution in [-0.2, 0) is 11.2 Å². The molecule has 1 heterocycles. The maximum Gasteiger partial charge on any atom is 0.336 e. The summed E-state index contributed by atoms with van der Waals surface area (Å²) >= 11 is 0. The second-order valence-electron chi connectivity index (χ2n) is 7.75. The van der Waals surface area contributed by atoms with Gasteiger partial charge in [-0.3, -0.25) is 4.79 Å². The van der Waals surface area contributed by atoms with Crippen LogP contribution >= 0.6 is 0 Å². The van der Waals surface area contributed by atoms with E-state index >= 15 is 0 Å². The summed E-state index contributed by atoms with van der Waals surface area (Å²) in [5.74, 6) is 0.638. The predicted octanol–water partition coefficient (Wildman–Crippen LogP) is 3.92. The normalized spacial score (nSPS) is 13.0. The summed E-state index contributed by atoms with van der Waals surface area (Å²) in [6, 6.07) is 14.5. The van der Waals surface area contributed by atoms with Gasteiger partial charge in [0.05, 0.1) is 19.8 Å². The van der Waals surface area contributed by atoms with Gasteiger partial charge in [-0.25, -0.2) is 4.79 Å². The fraction of sp³-hybridized carbons (Fsp3) is 0.360. The molecule has 164 valence electrons. The van der Waals surface area contributed by atoms with Gasteiger partial charge in [0.15, 0.2) is 0 Å². The van der Waals surface area contributed by atoms with E-state index in [1.165, 1.54) is 6.07 Å². The predicted molar refractivity (Wildman–Crippen MR) is 121 cm³/mol. The summed E-state index contributed by atoms with van der Waals surface area (Å²) in [4.78, 5) is 24.6. The van der Waals surface area contributed by atoms with Crippen LogP contribution in [0.2, 0.25) is 0 Å². The maximum absolute atomic E-state index is 12.5. The molecule has 0 unspecified atom stereocenters. The molecule has 3 aromatic rings. The van der Waals surface area contributed by atoms with Gasteiger partial charge in [0.1, 0.15) is 11.3 Å². The average Bonchev–Trinajstić information content (AvgIpc) is 2.80. The monoisotopic (exact) mass is 423 g/mol. The van der Waals surface area contributed by atoms with Crippen molar-refractivity contribution in [1.29, 1.82) is 0 Å². The van der Waals surface area contributed by atoms with Crippen LogP contribution in [0.15, 0.2) is 57.7 Å². The van der Waals surface area contributed by atoms with Crippen LogP contribution in [0.25, 0.3) is 22.1 Å². The first-order chi connectivity index (χ1) is 15.0. The average molecular weight is 424 g/mol. The first kappa shape index (κ1) is 22.6. The standard InChI is InChI=1S/C25H29NO5/c1-4-16(2)21(15-27)26-24(28)11-10-18-12-20-19(17-8-6-5-7-9-17)13-25(29)31-23(20)14-22(18)30-3/h5-9,12-14,16,21,27H,4,10-11,15H2,1-3H3,(H,26,28)/t16-,21+/m0/s1. The largest absolute Gasteiger partial charge is 0.496 e. The molecular weight excluding hydrogens is 394 g/mol. The van der Waals surface area contributed by atoms with Crippen molar-refractivity contribution in [3.05, 3.63) is 64.5 Å². The van der Waals surface area contributed by atoms with Gasteiger partial charge in [-0.2, -0.15) is 0 Å². The first-order valence-electron chi connectivity index (χ1n) is 10.6. The van der Waals surface area contributed by atoms with E-state index in [4.69, 9.17) is 9.15 Å². The molecule has 2 N–H and O–H groups in total. The molecule has 0 saturated heterocycles. The summed E-state index contributed by atoms with van der Waals surface area (Å²) in [7, 11) is 1.55. The highest BCUT2D eigenvalue weighted by Crippen LogP contribution is 2.32. The zero-order valence-electron chi connectivity index (χ0n) is 18.2. The lowest BCUT2D eigenvalue weighted by Crippen LogP contribution is -2.41. The van der Waals surface area contributed by atoms with Crippen LogP contribution in [0.3, 0.4) is 0 Å². The molecule has 0 aliphatic rings. The number of nitrogens with one attached hydrogen (secondary N) is 1. The van der Waals surface area contributed by atoms with Gasteiger partial charge < -0.3 is 19.6 Å². The first-order valence-corrected chi connectivity index (χ1v) is 10.6. The summed E-state index contributed by atoms with van der Waals surface area (Å²) in [6.45, 7) is 3.95. The maximum atomic E-state index is 12.5. The van der Waals surface area contributed by atoms with Gasteiger partial charge in [-0.05, 0) is 35.1 Å². The number of benzene rings is 2. The Morgan fingerprint density at radius 3 is 2.58 bits per heavy atom. The molecule has 2 aromatic carbocycles. The highest BCUT2D eigenvalue weighted by atomic mass is 16.5. The van der Waals surface area contributed by atoms with Crippen molar-refractivity contribution in [2.45, 2.75) is 39.2 Å². The fourth-order valence-electron chi connectivity index (χ4n) is 3.66. The topological polar surface area (TPSA) is 88.8 Å². The van der Waals surface area contributed by atoms with Crippen LogP contribution < -0.4 is 15.7 Å². The molecule has 0 spiro atoms. The number of aliphatic hydroxyl groups excluding tert-OH is 1. The number of methoxy groups -OCH3 is 1. The Hall–Kier alpha value is -3.12. The third-order valence-electron chi connectivity index (χ3n) is 5.73. The molecule has 0 aliphatic heterocycles. The SMILES string of the molecule is CC[C@H](C)[C@@H](CO)NC(=O)CCc1cc2c(-c3ccccc3)cc(=O)oc2cc1OC. The number of ether oxygens (including phenoxy) is 1. The van der Waals surface area contributed by atoms with Crippen molar-refractivity contribution in [2.75, 3.05) is 13.7 Å². The van der Waals surface area contributed by atoms with Crippen molar-refractivity contribution >= 4 is 16.9 Å². The van der Waals surface area contributed by atoms with Crippen molar-refractivity contribution in [2.24, 2.45) is 5.92 Å². The lowest BCUT2D eigenvalue weighted by atomic mass is 9.98. The van der Waals surface area contributed by atoms with E-state index < -0.39 is 5.63 Å². The zero-order chi connectivity index (χ0) is 22.4. The smallest absolute Gasteiger partial charge is 0.336 e. The molecule has 31 heavy (non-hydrogen) atoms. The molecule has 1 amide bonds. The van der Waals surface area contributed by atoms with E-state index in [0.29, 0.717) is 17.8 Å². The van der Waals surface area contributed by atoms with Crippen LogP contribution in [0.5, 0.6) is 5.75 Å². The van der Waals surface area contributed by atoms with E-state index in [9.17, 15) is 14.7 Å². The minimum atomic E-state index is -0.430. The van der Waals surface area contributed by atoms with Crippen molar-refractivity contribution in [3.8, 4) is 16.9 Å². The molecule has 0 bridgehead atoms. The number of amides is 1. The third-order valence-corrected chi connectivity index (χ3v) is 5.73. The lowest BCUT2D eigenvalue weighted by molar-refractivity contribution is -0.122.